The molecule has 3 N–H and O–H groups in total. The molecule has 0 spiro atoms. The van der Waals surface area contributed by atoms with Crippen LogP contribution in [-0.2, 0) is 6.54 Å². The van der Waals surface area contributed by atoms with Gasteiger partial charge in [0.05, 0.1) is 24.8 Å². The minimum atomic E-state index is -0.981. The van der Waals surface area contributed by atoms with Gasteiger partial charge in [0.2, 0.25) is 0 Å². The summed E-state index contributed by atoms with van der Waals surface area (Å²) in [5, 5.41) is 29.2. The number of aliphatic hydroxyl groups excluding tert-OH is 2. The van der Waals surface area contributed by atoms with Crippen LogP contribution in [0, 0.1) is 0 Å². The molecule has 0 amide bonds. The number of aliphatic hydroxyl groups is 2. The number of fused-ring (bicyclic) bond motifs is 1. The van der Waals surface area contributed by atoms with Gasteiger partial charge in [-0.1, -0.05) is 12.1 Å². The molecule has 6 heteroatoms. The van der Waals surface area contributed by atoms with Crippen LogP contribution in [0.2, 0.25) is 0 Å². The van der Waals surface area contributed by atoms with E-state index in [-0.39, 0.29) is 23.4 Å². The molecule has 1 aromatic heterocycles. The van der Waals surface area contributed by atoms with E-state index in [0.29, 0.717) is 23.2 Å². The third kappa shape index (κ3) is 2.88. The quantitative estimate of drug-likeness (QED) is 0.715. The highest BCUT2D eigenvalue weighted by molar-refractivity contribution is 6.05. The summed E-state index contributed by atoms with van der Waals surface area (Å²) in [6.07, 6.45) is -0.981. The highest BCUT2D eigenvalue weighted by Gasteiger charge is 2.17. The van der Waals surface area contributed by atoms with Crippen molar-refractivity contribution in [3.63, 3.8) is 0 Å². The summed E-state index contributed by atoms with van der Waals surface area (Å²) < 4.78 is 1.58. The van der Waals surface area contributed by atoms with Gasteiger partial charge in [-0.25, -0.2) is 0 Å². The van der Waals surface area contributed by atoms with Gasteiger partial charge in [-0.15, -0.1) is 0 Å². The third-order valence-electron chi connectivity index (χ3n) is 3.57. The number of nitrogens with zero attached hydrogens (tertiary/aromatic N) is 2. The molecule has 118 valence electrons. The Bertz CT molecular complexity index is 765. The standard InChI is InChI=1S/C16H20N2O4/c1-3-18-13-7-5-4-6-12(13)15(21)14(16(18)22)10(2)17-8-11(20)9-19/h4-7,11,19-21H,3,8-9H2,1-2H3/t11-/m1/s1. The maximum absolute atomic E-state index is 12.6. The van der Waals surface area contributed by atoms with Crippen molar-refractivity contribution in [2.75, 3.05) is 13.2 Å². The molecule has 0 aliphatic heterocycles. The fourth-order valence-electron chi connectivity index (χ4n) is 2.41. The van der Waals surface area contributed by atoms with Gasteiger partial charge in [-0.3, -0.25) is 9.79 Å². The number of aryl methyl sites for hydroxylation is 1. The van der Waals surface area contributed by atoms with Crippen molar-refractivity contribution in [1.29, 1.82) is 0 Å². The number of pyridine rings is 1. The number of hydrogen-bond acceptors (Lipinski definition) is 5. The molecule has 0 aliphatic rings. The molecule has 1 aromatic carbocycles. The van der Waals surface area contributed by atoms with Crippen molar-refractivity contribution < 1.29 is 15.3 Å². The van der Waals surface area contributed by atoms with Gasteiger partial charge >= 0.3 is 0 Å². The SMILES string of the molecule is CCn1c(=O)c(C(C)=NC[C@@H](O)CO)c(O)c2ccccc21. The Morgan fingerprint density at radius 3 is 2.68 bits per heavy atom. The lowest BCUT2D eigenvalue weighted by Crippen LogP contribution is -2.26. The zero-order valence-electron chi connectivity index (χ0n) is 12.7. The van der Waals surface area contributed by atoms with Crippen LogP contribution in [0.15, 0.2) is 34.1 Å². The second-order valence-corrected chi connectivity index (χ2v) is 5.05. The van der Waals surface area contributed by atoms with E-state index in [1.807, 2.05) is 13.0 Å². The van der Waals surface area contributed by atoms with Crippen molar-refractivity contribution in [2.24, 2.45) is 4.99 Å². The second-order valence-electron chi connectivity index (χ2n) is 5.05. The third-order valence-corrected chi connectivity index (χ3v) is 3.57. The van der Waals surface area contributed by atoms with Crippen molar-refractivity contribution in [3.8, 4) is 5.75 Å². The molecule has 22 heavy (non-hydrogen) atoms. The van der Waals surface area contributed by atoms with Gasteiger partial charge in [-0.05, 0) is 26.0 Å². The van der Waals surface area contributed by atoms with Gasteiger partial charge in [-0.2, -0.15) is 0 Å². The van der Waals surface area contributed by atoms with Crippen molar-refractivity contribution >= 4 is 16.6 Å². The molecule has 0 radical (unpaired) electrons. The average molecular weight is 304 g/mol. The van der Waals surface area contributed by atoms with Crippen LogP contribution in [0.4, 0.5) is 0 Å². The van der Waals surface area contributed by atoms with Crippen LogP contribution in [0.1, 0.15) is 19.4 Å². The number of para-hydroxylation sites is 1. The zero-order valence-corrected chi connectivity index (χ0v) is 12.7. The van der Waals surface area contributed by atoms with E-state index in [1.54, 1.807) is 29.7 Å². The predicted molar refractivity (Wildman–Crippen MR) is 85.7 cm³/mol. The number of benzene rings is 1. The van der Waals surface area contributed by atoms with Gasteiger partial charge in [0.25, 0.3) is 5.56 Å². The predicted octanol–water partition coefficient (Wildman–Crippen LogP) is 0.889. The van der Waals surface area contributed by atoms with E-state index in [0.717, 1.165) is 0 Å². The molecule has 2 aromatic rings. The summed E-state index contributed by atoms with van der Waals surface area (Å²) in [7, 11) is 0. The Morgan fingerprint density at radius 2 is 2.05 bits per heavy atom. The molecule has 0 unspecified atom stereocenters. The largest absolute Gasteiger partial charge is 0.506 e. The Balaban J connectivity index is 2.66. The first-order valence-electron chi connectivity index (χ1n) is 7.16. The first-order valence-corrected chi connectivity index (χ1v) is 7.16. The molecule has 1 heterocycles. The summed E-state index contributed by atoms with van der Waals surface area (Å²) in [4.78, 5) is 16.7. The Morgan fingerprint density at radius 1 is 1.36 bits per heavy atom. The van der Waals surface area contributed by atoms with Gasteiger partial charge in [0.15, 0.2) is 0 Å². The molecule has 0 bridgehead atoms. The van der Waals surface area contributed by atoms with Crippen molar-refractivity contribution in [3.05, 3.63) is 40.2 Å². The molecule has 6 nitrogen and oxygen atoms in total. The van der Waals surface area contributed by atoms with Crippen LogP contribution in [0.5, 0.6) is 5.75 Å². The normalized spacial score (nSPS) is 13.5. The average Bonchev–Trinajstić information content (AvgIpc) is 2.53. The summed E-state index contributed by atoms with van der Waals surface area (Å²) in [6.45, 7) is 3.50. The molecular weight excluding hydrogens is 284 g/mol. The lowest BCUT2D eigenvalue weighted by Gasteiger charge is -2.14. The maximum Gasteiger partial charge on any atom is 0.263 e. The smallest absolute Gasteiger partial charge is 0.263 e. The molecule has 1 atom stereocenters. The highest BCUT2D eigenvalue weighted by atomic mass is 16.3. The van der Waals surface area contributed by atoms with Crippen LogP contribution in [0.3, 0.4) is 0 Å². The number of aromatic nitrogens is 1. The molecule has 2 rings (SSSR count). The summed E-state index contributed by atoms with van der Waals surface area (Å²) in [5.41, 5.74) is 0.812. The Hall–Kier alpha value is -2.18. The zero-order chi connectivity index (χ0) is 16.3. The van der Waals surface area contributed by atoms with Crippen LogP contribution in [0.25, 0.3) is 10.9 Å². The topological polar surface area (TPSA) is 95.1 Å². The molecule has 0 saturated carbocycles. The number of aliphatic imine (C=N–C) groups is 1. The van der Waals surface area contributed by atoms with Gasteiger partial charge in [0, 0.05) is 17.6 Å². The Labute approximate surface area is 128 Å². The number of hydrogen-bond donors (Lipinski definition) is 3. The lowest BCUT2D eigenvalue weighted by atomic mass is 10.1. The fourth-order valence-corrected chi connectivity index (χ4v) is 2.41. The summed E-state index contributed by atoms with van der Waals surface area (Å²) in [5.74, 6) is -0.106. The van der Waals surface area contributed by atoms with E-state index in [2.05, 4.69) is 4.99 Å². The van der Waals surface area contributed by atoms with Crippen LogP contribution < -0.4 is 5.56 Å². The van der Waals surface area contributed by atoms with Crippen molar-refractivity contribution in [2.45, 2.75) is 26.5 Å². The van der Waals surface area contributed by atoms with Gasteiger partial charge in [0.1, 0.15) is 11.3 Å². The number of aromatic hydroxyl groups is 1. The molecule has 0 aliphatic carbocycles. The minimum absolute atomic E-state index is 0.0276. The Kier molecular flexibility index (Phi) is 4.95. The van der Waals surface area contributed by atoms with Crippen molar-refractivity contribution in [1.82, 2.24) is 4.57 Å². The summed E-state index contributed by atoms with van der Waals surface area (Å²) >= 11 is 0. The van der Waals surface area contributed by atoms with Crippen LogP contribution in [-0.4, -0.2) is 44.9 Å². The molecule has 0 fully saturated rings. The highest BCUT2D eigenvalue weighted by Crippen LogP contribution is 2.26. The first kappa shape index (κ1) is 16.2. The van der Waals surface area contributed by atoms with E-state index < -0.39 is 12.7 Å². The number of rotatable bonds is 5. The molecule has 0 saturated heterocycles. The fraction of sp³-hybridized carbons (Fsp3) is 0.375. The minimum Gasteiger partial charge on any atom is -0.506 e. The van der Waals surface area contributed by atoms with E-state index >= 15 is 0 Å². The first-order chi connectivity index (χ1) is 10.5. The lowest BCUT2D eigenvalue weighted by molar-refractivity contribution is 0.102. The monoisotopic (exact) mass is 304 g/mol. The maximum atomic E-state index is 12.6. The van der Waals surface area contributed by atoms with Gasteiger partial charge < -0.3 is 19.9 Å². The van der Waals surface area contributed by atoms with E-state index in [9.17, 15) is 15.0 Å². The van der Waals surface area contributed by atoms with E-state index in [1.165, 1.54) is 0 Å². The molecular formula is C16H20N2O4. The second kappa shape index (κ2) is 6.72. The summed E-state index contributed by atoms with van der Waals surface area (Å²) in [6, 6.07) is 7.13. The van der Waals surface area contributed by atoms with E-state index in [4.69, 9.17) is 5.11 Å². The van der Waals surface area contributed by atoms with Crippen LogP contribution >= 0.6 is 0 Å².